The Morgan fingerprint density at radius 2 is 1.70 bits per heavy atom. The van der Waals surface area contributed by atoms with Crippen LogP contribution < -0.4 is 4.90 Å². The standard InChI is InChI=1S/C15H15N5/c1-20(2)15-7-14(16-10-17-15)12-5-3-11(4-6-12)13-8-18-19-9-13/h3-10H,1-2H3,(H,18,19). The molecule has 0 radical (unpaired) electrons. The van der Waals surface area contributed by atoms with Gasteiger partial charge in [0.1, 0.15) is 12.1 Å². The molecule has 0 spiro atoms. The van der Waals surface area contributed by atoms with Crippen molar-refractivity contribution in [2.45, 2.75) is 0 Å². The van der Waals surface area contributed by atoms with E-state index < -0.39 is 0 Å². The third-order valence-electron chi connectivity index (χ3n) is 3.12. The fourth-order valence-electron chi connectivity index (χ4n) is 1.99. The molecule has 3 rings (SSSR count). The van der Waals surface area contributed by atoms with Crippen LogP contribution in [0.1, 0.15) is 0 Å². The summed E-state index contributed by atoms with van der Waals surface area (Å²) in [4.78, 5) is 10.5. The summed E-state index contributed by atoms with van der Waals surface area (Å²) >= 11 is 0. The molecule has 0 saturated carbocycles. The van der Waals surface area contributed by atoms with E-state index in [9.17, 15) is 0 Å². The summed E-state index contributed by atoms with van der Waals surface area (Å²) in [6.07, 6.45) is 5.28. The zero-order valence-electron chi connectivity index (χ0n) is 11.4. The van der Waals surface area contributed by atoms with Gasteiger partial charge in [-0.2, -0.15) is 5.10 Å². The first-order valence-electron chi connectivity index (χ1n) is 6.33. The lowest BCUT2D eigenvalue weighted by molar-refractivity contribution is 1.04. The van der Waals surface area contributed by atoms with Crippen molar-refractivity contribution in [2.24, 2.45) is 0 Å². The van der Waals surface area contributed by atoms with Gasteiger partial charge in [-0.25, -0.2) is 9.97 Å². The summed E-state index contributed by atoms with van der Waals surface area (Å²) in [7, 11) is 3.93. The normalized spacial score (nSPS) is 10.5. The van der Waals surface area contributed by atoms with Crippen LogP contribution in [-0.4, -0.2) is 34.3 Å². The number of benzene rings is 1. The molecule has 5 heteroatoms. The van der Waals surface area contributed by atoms with Crippen molar-refractivity contribution in [1.82, 2.24) is 20.2 Å². The number of hydrogen-bond donors (Lipinski definition) is 1. The Hall–Kier alpha value is -2.69. The number of rotatable bonds is 3. The first-order chi connectivity index (χ1) is 9.74. The molecule has 0 amide bonds. The van der Waals surface area contributed by atoms with Crippen molar-refractivity contribution in [1.29, 1.82) is 0 Å². The average Bonchev–Trinajstić information content (AvgIpc) is 3.02. The van der Waals surface area contributed by atoms with Crippen LogP contribution in [0, 0.1) is 0 Å². The smallest absolute Gasteiger partial charge is 0.132 e. The summed E-state index contributed by atoms with van der Waals surface area (Å²) in [5.41, 5.74) is 4.20. The van der Waals surface area contributed by atoms with Crippen LogP contribution in [0.25, 0.3) is 22.4 Å². The van der Waals surface area contributed by atoms with E-state index in [1.807, 2.05) is 37.5 Å². The molecule has 20 heavy (non-hydrogen) atoms. The summed E-state index contributed by atoms with van der Waals surface area (Å²) < 4.78 is 0. The highest BCUT2D eigenvalue weighted by molar-refractivity contribution is 5.68. The van der Waals surface area contributed by atoms with Gasteiger partial charge in [-0.3, -0.25) is 5.10 Å². The number of nitrogens with one attached hydrogen (secondary N) is 1. The van der Waals surface area contributed by atoms with E-state index in [4.69, 9.17) is 0 Å². The van der Waals surface area contributed by atoms with Crippen molar-refractivity contribution in [3.05, 3.63) is 49.1 Å². The lowest BCUT2D eigenvalue weighted by Gasteiger charge is -2.11. The number of H-pyrrole nitrogens is 1. The lowest BCUT2D eigenvalue weighted by Crippen LogP contribution is -2.10. The molecule has 2 aromatic heterocycles. The van der Waals surface area contributed by atoms with Crippen LogP contribution in [0.2, 0.25) is 0 Å². The zero-order valence-corrected chi connectivity index (χ0v) is 11.4. The maximum Gasteiger partial charge on any atom is 0.132 e. The Kier molecular flexibility index (Phi) is 3.16. The molecule has 0 saturated heterocycles. The fraction of sp³-hybridized carbons (Fsp3) is 0.133. The Morgan fingerprint density at radius 3 is 2.35 bits per heavy atom. The van der Waals surface area contributed by atoms with Crippen LogP contribution in [-0.2, 0) is 0 Å². The Labute approximate surface area is 117 Å². The van der Waals surface area contributed by atoms with Gasteiger partial charge >= 0.3 is 0 Å². The van der Waals surface area contributed by atoms with Gasteiger partial charge in [0.25, 0.3) is 0 Å². The van der Waals surface area contributed by atoms with Gasteiger partial charge in [0, 0.05) is 37.5 Å². The van der Waals surface area contributed by atoms with Crippen molar-refractivity contribution in [3.8, 4) is 22.4 Å². The van der Waals surface area contributed by atoms with E-state index >= 15 is 0 Å². The highest BCUT2D eigenvalue weighted by atomic mass is 15.1. The van der Waals surface area contributed by atoms with E-state index in [-0.39, 0.29) is 0 Å². The molecule has 0 unspecified atom stereocenters. The third-order valence-corrected chi connectivity index (χ3v) is 3.12. The number of nitrogens with zero attached hydrogens (tertiary/aromatic N) is 4. The first kappa shape index (κ1) is 12.3. The maximum atomic E-state index is 4.33. The lowest BCUT2D eigenvalue weighted by atomic mass is 10.1. The number of anilines is 1. The predicted octanol–water partition coefficient (Wildman–Crippen LogP) is 2.60. The van der Waals surface area contributed by atoms with Gasteiger partial charge in [-0.1, -0.05) is 24.3 Å². The van der Waals surface area contributed by atoms with Gasteiger partial charge in [-0.05, 0) is 5.56 Å². The number of hydrogen-bond acceptors (Lipinski definition) is 4. The van der Waals surface area contributed by atoms with E-state index in [0.29, 0.717) is 0 Å². The van der Waals surface area contributed by atoms with Gasteiger partial charge in [0.2, 0.25) is 0 Å². The molecule has 3 aromatic rings. The summed E-state index contributed by atoms with van der Waals surface area (Å²) in [6.45, 7) is 0. The maximum absolute atomic E-state index is 4.33. The molecule has 0 fully saturated rings. The molecule has 100 valence electrons. The fourth-order valence-corrected chi connectivity index (χ4v) is 1.99. The molecular formula is C15H15N5. The van der Waals surface area contributed by atoms with Crippen LogP contribution in [0.15, 0.2) is 49.1 Å². The van der Waals surface area contributed by atoms with Crippen LogP contribution in [0.4, 0.5) is 5.82 Å². The van der Waals surface area contributed by atoms with Gasteiger partial charge in [0.15, 0.2) is 0 Å². The minimum Gasteiger partial charge on any atom is -0.363 e. The minimum atomic E-state index is 0.897. The molecule has 2 heterocycles. The summed E-state index contributed by atoms with van der Waals surface area (Å²) in [5, 5.41) is 6.78. The summed E-state index contributed by atoms with van der Waals surface area (Å²) in [5.74, 6) is 0.897. The quantitative estimate of drug-likeness (QED) is 0.790. The zero-order chi connectivity index (χ0) is 13.9. The van der Waals surface area contributed by atoms with E-state index in [0.717, 1.165) is 28.2 Å². The SMILES string of the molecule is CN(C)c1cc(-c2ccc(-c3cn[nH]c3)cc2)ncn1. The molecule has 5 nitrogen and oxygen atoms in total. The first-order valence-corrected chi connectivity index (χ1v) is 6.33. The monoisotopic (exact) mass is 265 g/mol. The van der Waals surface area contributed by atoms with Crippen molar-refractivity contribution in [2.75, 3.05) is 19.0 Å². The molecule has 1 N–H and O–H groups in total. The molecule has 0 aliphatic rings. The second kappa shape index (κ2) is 5.13. The molecular weight excluding hydrogens is 250 g/mol. The summed E-state index contributed by atoms with van der Waals surface area (Å²) in [6, 6.07) is 10.2. The minimum absolute atomic E-state index is 0.897. The average molecular weight is 265 g/mol. The third kappa shape index (κ3) is 2.38. The Bertz CT molecular complexity index is 687. The van der Waals surface area contributed by atoms with Gasteiger partial charge < -0.3 is 4.90 Å². The topological polar surface area (TPSA) is 57.7 Å². The molecule has 0 aliphatic carbocycles. The Balaban J connectivity index is 1.93. The Morgan fingerprint density at radius 1 is 0.950 bits per heavy atom. The van der Waals surface area contributed by atoms with Crippen molar-refractivity contribution >= 4 is 5.82 Å². The van der Waals surface area contributed by atoms with Crippen molar-refractivity contribution in [3.63, 3.8) is 0 Å². The number of aromatic amines is 1. The second-order valence-corrected chi connectivity index (χ2v) is 4.72. The molecule has 0 bridgehead atoms. The van der Waals surface area contributed by atoms with Crippen molar-refractivity contribution < 1.29 is 0 Å². The van der Waals surface area contributed by atoms with Crippen LogP contribution in [0.3, 0.4) is 0 Å². The van der Waals surface area contributed by atoms with E-state index in [1.54, 1.807) is 6.33 Å². The largest absolute Gasteiger partial charge is 0.363 e. The van der Waals surface area contributed by atoms with Gasteiger partial charge in [-0.15, -0.1) is 0 Å². The molecule has 1 aromatic carbocycles. The highest BCUT2D eigenvalue weighted by Gasteiger charge is 2.04. The van der Waals surface area contributed by atoms with E-state index in [1.165, 1.54) is 0 Å². The molecule has 0 aliphatic heterocycles. The van der Waals surface area contributed by atoms with E-state index in [2.05, 4.69) is 44.4 Å². The molecule has 0 atom stereocenters. The number of aromatic nitrogens is 4. The highest BCUT2D eigenvalue weighted by Crippen LogP contribution is 2.24. The van der Waals surface area contributed by atoms with Crippen LogP contribution >= 0.6 is 0 Å². The second-order valence-electron chi connectivity index (χ2n) is 4.72. The van der Waals surface area contributed by atoms with Gasteiger partial charge in [0.05, 0.1) is 11.9 Å². The predicted molar refractivity (Wildman–Crippen MR) is 79.4 cm³/mol. The van der Waals surface area contributed by atoms with Crippen LogP contribution in [0.5, 0.6) is 0 Å².